The van der Waals surface area contributed by atoms with Crippen LogP contribution in [0, 0.1) is 0 Å². The first kappa shape index (κ1) is 9.68. The zero-order valence-corrected chi connectivity index (χ0v) is 8.69. The third-order valence-corrected chi connectivity index (χ3v) is 3.81. The molecular weight excluding hydrogens is 198 g/mol. The molecule has 1 heterocycles. The van der Waals surface area contributed by atoms with Gasteiger partial charge in [0.05, 0.1) is 4.88 Å². The van der Waals surface area contributed by atoms with E-state index in [-0.39, 0.29) is 5.91 Å². The van der Waals surface area contributed by atoms with Gasteiger partial charge in [-0.05, 0) is 37.3 Å². The maximum absolute atomic E-state index is 11.2. The van der Waals surface area contributed by atoms with Gasteiger partial charge in [0.1, 0.15) is 0 Å². The van der Waals surface area contributed by atoms with Crippen LogP contribution in [0.1, 0.15) is 39.4 Å². The van der Waals surface area contributed by atoms with Gasteiger partial charge in [-0.1, -0.05) is 6.42 Å². The number of carbonyl (C=O) groups excluding carboxylic acids is 1. The molecule has 2 N–H and O–H groups in total. The van der Waals surface area contributed by atoms with E-state index in [1.807, 2.05) is 6.07 Å². The number of hydrogen-bond donors (Lipinski definition) is 2. The minimum absolute atomic E-state index is 0.386. The van der Waals surface area contributed by atoms with Crippen molar-refractivity contribution in [2.45, 2.75) is 32.1 Å². The molecule has 1 amide bonds. The van der Waals surface area contributed by atoms with Crippen molar-refractivity contribution in [2.75, 3.05) is 0 Å². The highest BCUT2D eigenvalue weighted by molar-refractivity contribution is 7.14. The summed E-state index contributed by atoms with van der Waals surface area (Å²) in [7, 11) is 0. The number of amides is 1. The SMILES string of the molecule is O=C(NO)c1cc2c(s1)CCCCC2. The number of fused-ring (bicyclic) bond motifs is 1. The average Bonchev–Trinajstić information content (AvgIpc) is 2.49. The number of nitrogens with one attached hydrogen (secondary N) is 1. The molecule has 76 valence electrons. The molecule has 3 nitrogen and oxygen atoms in total. The number of thiophene rings is 1. The predicted octanol–water partition coefficient (Wildman–Crippen LogP) is 2.14. The molecule has 1 aromatic rings. The van der Waals surface area contributed by atoms with E-state index in [1.165, 1.54) is 41.0 Å². The summed E-state index contributed by atoms with van der Waals surface area (Å²) in [5.41, 5.74) is 2.97. The minimum atomic E-state index is -0.386. The molecule has 1 aromatic heterocycles. The van der Waals surface area contributed by atoms with Crippen molar-refractivity contribution in [3.63, 3.8) is 0 Å². The Morgan fingerprint density at radius 2 is 2.14 bits per heavy atom. The number of carbonyl (C=O) groups is 1. The van der Waals surface area contributed by atoms with Crippen LogP contribution in [0.2, 0.25) is 0 Å². The minimum Gasteiger partial charge on any atom is -0.288 e. The molecule has 0 saturated carbocycles. The van der Waals surface area contributed by atoms with E-state index in [0.29, 0.717) is 4.88 Å². The van der Waals surface area contributed by atoms with Crippen LogP contribution < -0.4 is 5.48 Å². The molecule has 1 aliphatic rings. The Morgan fingerprint density at radius 1 is 1.36 bits per heavy atom. The van der Waals surface area contributed by atoms with Crippen molar-refractivity contribution in [2.24, 2.45) is 0 Å². The molecule has 0 aromatic carbocycles. The Bertz CT molecular complexity index is 322. The van der Waals surface area contributed by atoms with Crippen LogP contribution in [0.15, 0.2) is 6.07 Å². The molecule has 2 rings (SSSR count). The topological polar surface area (TPSA) is 49.3 Å². The first-order valence-corrected chi connectivity index (χ1v) is 5.69. The lowest BCUT2D eigenvalue weighted by molar-refractivity contribution is 0.0711. The van der Waals surface area contributed by atoms with Gasteiger partial charge >= 0.3 is 0 Å². The summed E-state index contributed by atoms with van der Waals surface area (Å²) in [4.78, 5) is 13.1. The van der Waals surface area contributed by atoms with Crippen LogP contribution in [0.4, 0.5) is 0 Å². The smallest absolute Gasteiger partial charge is 0.284 e. The maximum atomic E-state index is 11.2. The number of aryl methyl sites for hydroxylation is 2. The van der Waals surface area contributed by atoms with Crippen molar-refractivity contribution >= 4 is 17.2 Å². The third kappa shape index (κ3) is 1.81. The van der Waals surface area contributed by atoms with Crippen molar-refractivity contribution < 1.29 is 10.0 Å². The Balaban J connectivity index is 2.26. The van der Waals surface area contributed by atoms with Crippen LogP contribution in [0.5, 0.6) is 0 Å². The van der Waals surface area contributed by atoms with Crippen molar-refractivity contribution in [1.82, 2.24) is 5.48 Å². The highest BCUT2D eigenvalue weighted by atomic mass is 32.1. The van der Waals surface area contributed by atoms with Crippen molar-refractivity contribution in [3.8, 4) is 0 Å². The second kappa shape index (κ2) is 4.11. The molecule has 0 bridgehead atoms. The molecule has 14 heavy (non-hydrogen) atoms. The van der Waals surface area contributed by atoms with E-state index in [1.54, 1.807) is 5.48 Å². The van der Waals surface area contributed by atoms with E-state index in [9.17, 15) is 4.79 Å². The van der Waals surface area contributed by atoms with E-state index in [4.69, 9.17) is 5.21 Å². The maximum Gasteiger partial charge on any atom is 0.284 e. The summed E-state index contributed by atoms with van der Waals surface area (Å²) in [5, 5.41) is 8.51. The van der Waals surface area contributed by atoms with Gasteiger partial charge in [-0.25, -0.2) is 5.48 Å². The van der Waals surface area contributed by atoms with E-state index in [2.05, 4.69) is 0 Å². The summed E-state index contributed by atoms with van der Waals surface area (Å²) in [6, 6.07) is 1.91. The third-order valence-electron chi connectivity index (χ3n) is 2.57. The van der Waals surface area contributed by atoms with Gasteiger partial charge in [-0.2, -0.15) is 0 Å². The predicted molar refractivity (Wildman–Crippen MR) is 54.8 cm³/mol. The van der Waals surface area contributed by atoms with E-state index >= 15 is 0 Å². The summed E-state index contributed by atoms with van der Waals surface area (Å²) < 4.78 is 0. The molecule has 0 unspecified atom stereocenters. The summed E-state index contributed by atoms with van der Waals surface area (Å²) in [6.45, 7) is 0. The Labute approximate surface area is 86.7 Å². The molecule has 0 aliphatic heterocycles. The summed E-state index contributed by atoms with van der Waals surface area (Å²) in [6.07, 6.45) is 5.86. The first-order chi connectivity index (χ1) is 6.81. The van der Waals surface area contributed by atoms with E-state index < -0.39 is 0 Å². The van der Waals surface area contributed by atoms with Gasteiger partial charge in [0.15, 0.2) is 0 Å². The molecule has 1 aliphatic carbocycles. The van der Waals surface area contributed by atoms with Crippen LogP contribution in [0.25, 0.3) is 0 Å². The Morgan fingerprint density at radius 3 is 2.93 bits per heavy atom. The van der Waals surface area contributed by atoms with Gasteiger partial charge < -0.3 is 0 Å². The Hall–Kier alpha value is -0.870. The zero-order chi connectivity index (χ0) is 9.97. The van der Waals surface area contributed by atoms with Gasteiger partial charge in [-0.3, -0.25) is 10.0 Å². The quantitative estimate of drug-likeness (QED) is 0.425. The van der Waals surface area contributed by atoms with Crippen LogP contribution in [-0.2, 0) is 12.8 Å². The zero-order valence-electron chi connectivity index (χ0n) is 7.88. The summed E-state index contributed by atoms with van der Waals surface area (Å²) in [5.74, 6) is -0.386. The fraction of sp³-hybridized carbons (Fsp3) is 0.500. The number of hydroxylamine groups is 1. The van der Waals surface area contributed by atoms with Gasteiger partial charge in [0, 0.05) is 4.88 Å². The first-order valence-electron chi connectivity index (χ1n) is 4.87. The van der Waals surface area contributed by atoms with Crippen molar-refractivity contribution in [3.05, 3.63) is 21.4 Å². The number of hydrogen-bond acceptors (Lipinski definition) is 3. The monoisotopic (exact) mass is 211 g/mol. The highest BCUT2D eigenvalue weighted by Gasteiger charge is 2.15. The lowest BCUT2D eigenvalue weighted by atomic mass is 10.1. The van der Waals surface area contributed by atoms with Gasteiger partial charge in [0.25, 0.3) is 5.91 Å². The molecule has 4 heteroatoms. The van der Waals surface area contributed by atoms with Crippen LogP contribution in [0.3, 0.4) is 0 Å². The summed E-state index contributed by atoms with van der Waals surface area (Å²) >= 11 is 1.51. The lowest BCUT2D eigenvalue weighted by Crippen LogP contribution is -2.16. The molecule has 0 fully saturated rings. The fourth-order valence-corrected chi connectivity index (χ4v) is 2.98. The largest absolute Gasteiger partial charge is 0.288 e. The van der Waals surface area contributed by atoms with E-state index in [0.717, 1.165) is 12.8 Å². The second-order valence-corrected chi connectivity index (χ2v) is 4.70. The number of rotatable bonds is 1. The molecular formula is C10H13NO2S. The normalized spacial score (nSPS) is 15.8. The van der Waals surface area contributed by atoms with Crippen LogP contribution in [-0.4, -0.2) is 11.1 Å². The molecule has 0 radical (unpaired) electrons. The van der Waals surface area contributed by atoms with Crippen molar-refractivity contribution in [1.29, 1.82) is 0 Å². The molecule has 0 atom stereocenters. The standard InChI is InChI=1S/C10H13NO2S/c12-10(11-13)9-6-7-4-2-1-3-5-8(7)14-9/h6,13H,1-5H2,(H,11,12). The second-order valence-electron chi connectivity index (χ2n) is 3.56. The molecule has 0 spiro atoms. The fourth-order valence-electron chi connectivity index (χ4n) is 1.83. The average molecular weight is 211 g/mol. The van der Waals surface area contributed by atoms with Gasteiger partial charge in [-0.15, -0.1) is 11.3 Å². The Kier molecular flexibility index (Phi) is 2.84. The van der Waals surface area contributed by atoms with Gasteiger partial charge in [0.2, 0.25) is 0 Å². The lowest BCUT2D eigenvalue weighted by Gasteiger charge is -1.93. The molecule has 0 saturated heterocycles. The highest BCUT2D eigenvalue weighted by Crippen LogP contribution is 2.28. The van der Waals surface area contributed by atoms with Crippen LogP contribution >= 0.6 is 11.3 Å².